The molecule has 0 nitrogen and oxygen atoms in total. The SMILES string of the molecule is CC1(C)C2CCC(C2)C12CC1(CC[Se]C1)C2. The Morgan fingerprint density at radius 2 is 1.81 bits per heavy atom. The van der Waals surface area contributed by atoms with Gasteiger partial charge in [0.1, 0.15) is 0 Å². The van der Waals surface area contributed by atoms with Gasteiger partial charge in [0, 0.05) is 0 Å². The molecule has 0 aromatic rings. The van der Waals surface area contributed by atoms with Gasteiger partial charge in [-0.15, -0.1) is 0 Å². The average molecular weight is 283 g/mol. The van der Waals surface area contributed by atoms with Crippen LogP contribution in [0.2, 0.25) is 10.6 Å². The zero-order chi connectivity index (χ0) is 11.0. The molecule has 0 radical (unpaired) electrons. The van der Waals surface area contributed by atoms with E-state index in [9.17, 15) is 0 Å². The van der Waals surface area contributed by atoms with Crippen molar-refractivity contribution in [2.75, 3.05) is 0 Å². The van der Waals surface area contributed by atoms with E-state index >= 15 is 0 Å². The van der Waals surface area contributed by atoms with E-state index in [-0.39, 0.29) is 0 Å². The molecule has 1 saturated heterocycles. The monoisotopic (exact) mass is 284 g/mol. The molecule has 3 saturated carbocycles. The van der Waals surface area contributed by atoms with Gasteiger partial charge in [-0.2, -0.15) is 0 Å². The van der Waals surface area contributed by atoms with E-state index in [2.05, 4.69) is 13.8 Å². The van der Waals surface area contributed by atoms with Gasteiger partial charge in [0.25, 0.3) is 0 Å². The second-order valence-electron chi connectivity index (χ2n) is 7.74. The van der Waals surface area contributed by atoms with Gasteiger partial charge in [-0.3, -0.25) is 0 Å². The van der Waals surface area contributed by atoms with Crippen LogP contribution in [0.25, 0.3) is 0 Å². The van der Waals surface area contributed by atoms with E-state index in [0.29, 0.717) is 5.41 Å². The Kier molecular flexibility index (Phi) is 1.90. The van der Waals surface area contributed by atoms with Crippen molar-refractivity contribution < 1.29 is 0 Å². The first-order chi connectivity index (χ1) is 7.58. The molecule has 3 aliphatic carbocycles. The molecule has 2 unspecified atom stereocenters. The molecule has 4 rings (SSSR count). The van der Waals surface area contributed by atoms with Crippen molar-refractivity contribution in [2.45, 2.75) is 63.0 Å². The summed E-state index contributed by atoms with van der Waals surface area (Å²) >= 11 is 1.02. The first-order valence-electron chi connectivity index (χ1n) is 7.16. The Labute approximate surface area is 106 Å². The van der Waals surface area contributed by atoms with E-state index < -0.39 is 0 Å². The van der Waals surface area contributed by atoms with Crippen molar-refractivity contribution >= 4 is 15.0 Å². The van der Waals surface area contributed by atoms with Crippen LogP contribution in [-0.4, -0.2) is 15.0 Å². The van der Waals surface area contributed by atoms with Crippen LogP contribution in [0, 0.1) is 28.1 Å². The predicted molar refractivity (Wildman–Crippen MR) is 68.7 cm³/mol. The van der Waals surface area contributed by atoms with Gasteiger partial charge in [-0.1, -0.05) is 0 Å². The summed E-state index contributed by atoms with van der Waals surface area (Å²) in [6.45, 7) is 5.23. The fourth-order valence-corrected chi connectivity index (χ4v) is 9.18. The summed E-state index contributed by atoms with van der Waals surface area (Å²) in [5.74, 6) is 2.22. The van der Waals surface area contributed by atoms with Crippen LogP contribution in [-0.2, 0) is 0 Å². The zero-order valence-electron chi connectivity index (χ0n) is 10.7. The van der Waals surface area contributed by atoms with Crippen molar-refractivity contribution in [1.82, 2.24) is 0 Å². The molecule has 1 heterocycles. The standard InChI is InChI=1S/C15H24Se/c1-13(2)11-3-4-12(7-11)15(13)8-14(9-15)5-6-16-10-14/h11-12H,3-10H2,1-2H3. The first kappa shape index (κ1) is 10.4. The Bertz CT molecular complexity index is 316. The van der Waals surface area contributed by atoms with Crippen LogP contribution in [0.4, 0.5) is 0 Å². The normalized spacial score (nSPS) is 57.4. The van der Waals surface area contributed by atoms with Gasteiger partial charge in [-0.25, -0.2) is 0 Å². The zero-order valence-corrected chi connectivity index (χ0v) is 12.4. The second kappa shape index (κ2) is 2.91. The number of hydrogen-bond donors (Lipinski definition) is 0. The Hall–Kier alpha value is 0.519. The molecular weight excluding hydrogens is 259 g/mol. The summed E-state index contributed by atoms with van der Waals surface area (Å²) in [7, 11) is 0. The minimum atomic E-state index is 0.691. The van der Waals surface area contributed by atoms with Gasteiger partial charge < -0.3 is 0 Å². The summed E-state index contributed by atoms with van der Waals surface area (Å²) < 4.78 is 0. The van der Waals surface area contributed by atoms with Gasteiger partial charge in [-0.05, 0) is 0 Å². The summed E-state index contributed by atoms with van der Waals surface area (Å²) in [4.78, 5) is 0. The number of hydrogen-bond acceptors (Lipinski definition) is 0. The first-order valence-corrected chi connectivity index (χ1v) is 9.58. The van der Waals surface area contributed by atoms with Crippen LogP contribution in [0.5, 0.6) is 0 Å². The number of fused-ring (bicyclic) bond motifs is 3. The summed E-state index contributed by atoms with van der Waals surface area (Å²) in [6.07, 6.45) is 9.59. The minimum absolute atomic E-state index is 0.691. The molecule has 1 aliphatic heterocycles. The Morgan fingerprint density at radius 1 is 1.06 bits per heavy atom. The molecule has 1 heteroatoms. The average Bonchev–Trinajstić information content (AvgIpc) is 2.85. The quantitative estimate of drug-likeness (QED) is 0.586. The molecule has 4 fully saturated rings. The topological polar surface area (TPSA) is 0 Å². The molecular formula is C15H24Se. The van der Waals surface area contributed by atoms with E-state index in [1.165, 1.54) is 0 Å². The molecule has 0 amide bonds. The van der Waals surface area contributed by atoms with Crippen molar-refractivity contribution in [3.05, 3.63) is 0 Å². The van der Waals surface area contributed by atoms with E-state index in [1.54, 1.807) is 49.2 Å². The molecule has 0 aromatic carbocycles. The molecule has 0 N–H and O–H groups in total. The van der Waals surface area contributed by atoms with Crippen LogP contribution < -0.4 is 0 Å². The van der Waals surface area contributed by atoms with Crippen LogP contribution in [0.1, 0.15) is 52.4 Å². The third kappa shape index (κ3) is 1.000. The molecule has 0 aromatic heterocycles. The van der Waals surface area contributed by atoms with Gasteiger partial charge in [0.15, 0.2) is 0 Å². The fourth-order valence-electron chi connectivity index (χ4n) is 6.03. The third-order valence-electron chi connectivity index (χ3n) is 7.08. The van der Waals surface area contributed by atoms with Crippen molar-refractivity contribution in [1.29, 1.82) is 0 Å². The van der Waals surface area contributed by atoms with E-state index in [0.717, 1.165) is 37.6 Å². The van der Waals surface area contributed by atoms with Crippen LogP contribution >= 0.6 is 0 Å². The van der Waals surface area contributed by atoms with Crippen molar-refractivity contribution in [3.63, 3.8) is 0 Å². The predicted octanol–water partition coefficient (Wildman–Crippen LogP) is 4.15. The van der Waals surface area contributed by atoms with Crippen LogP contribution in [0.3, 0.4) is 0 Å². The van der Waals surface area contributed by atoms with Crippen molar-refractivity contribution in [3.8, 4) is 0 Å². The maximum absolute atomic E-state index is 2.61. The third-order valence-corrected chi connectivity index (χ3v) is 9.83. The van der Waals surface area contributed by atoms with Crippen LogP contribution in [0.15, 0.2) is 0 Å². The molecule has 2 spiro atoms. The van der Waals surface area contributed by atoms with Gasteiger partial charge >= 0.3 is 106 Å². The Morgan fingerprint density at radius 3 is 2.38 bits per heavy atom. The molecule has 4 aliphatic rings. The van der Waals surface area contributed by atoms with Crippen molar-refractivity contribution in [2.24, 2.45) is 28.1 Å². The maximum atomic E-state index is 2.61. The Balaban J connectivity index is 1.64. The molecule has 2 atom stereocenters. The summed E-state index contributed by atoms with van der Waals surface area (Å²) in [5, 5.41) is 3.23. The van der Waals surface area contributed by atoms with Gasteiger partial charge in [0.2, 0.25) is 0 Å². The second-order valence-corrected chi connectivity index (χ2v) is 10.1. The summed E-state index contributed by atoms with van der Waals surface area (Å²) in [6, 6.07) is 0. The van der Waals surface area contributed by atoms with Gasteiger partial charge in [0.05, 0.1) is 0 Å². The van der Waals surface area contributed by atoms with E-state index in [1.807, 2.05) is 0 Å². The molecule has 90 valence electrons. The fraction of sp³-hybridized carbons (Fsp3) is 1.00. The molecule has 16 heavy (non-hydrogen) atoms. The molecule has 2 bridgehead atoms. The summed E-state index contributed by atoms with van der Waals surface area (Å²) in [5.41, 5.74) is 2.38. The van der Waals surface area contributed by atoms with E-state index in [4.69, 9.17) is 0 Å². The number of rotatable bonds is 0.